The van der Waals surface area contributed by atoms with Gasteiger partial charge in [-0.25, -0.2) is 4.79 Å². The smallest absolute Gasteiger partial charge is 0.412 e. The molecule has 1 N–H and O–H groups in total. The number of aldehydes is 1. The van der Waals surface area contributed by atoms with Crippen LogP contribution < -0.4 is 14.8 Å². The highest BCUT2D eigenvalue weighted by Crippen LogP contribution is 2.26. The Morgan fingerprint density at radius 1 is 1.30 bits per heavy atom. The lowest BCUT2D eigenvalue weighted by atomic mass is 10.1. The molecule has 0 saturated carbocycles. The number of hydrogen-bond acceptors (Lipinski definition) is 5. The highest BCUT2D eigenvalue weighted by atomic mass is 16.6. The summed E-state index contributed by atoms with van der Waals surface area (Å²) in [4.78, 5) is 22.2. The van der Waals surface area contributed by atoms with Crippen molar-refractivity contribution in [3.05, 3.63) is 29.5 Å². The van der Waals surface area contributed by atoms with E-state index in [1.807, 2.05) is 0 Å². The zero-order valence-electron chi connectivity index (χ0n) is 11.6. The van der Waals surface area contributed by atoms with Crippen LogP contribution in [0.15, 0.2) is 24.0 Å². The largest absolute Gasteiger partial charge is 0.497 e. The van der Waals surface area contributed by atoms with E-state index in [-0.39, 0.29) is 5.76 Å². The molecule has 0 unspecified atom stereocenters. The van der Waals surface area contributed by atoms with E-state index in [4.69, 9.17) is 14.2 Å². The maximum Gasteiger partial charge on any atom is 0.412 e. The second kappa shape index (κ2) is 7.83. The molecule has 108 valence electrons. The van der Waals surface area contributed by atoms with E-state index in [0.29, 0.717) is 29.9 Å². The lowest BCUT2D eigenvalue weighted by molar-refractivity contribution is -0.106. The predicted molar refractivity (Wildman–Crippen MR) is 73.7 cm³/mol. The Morgan fingerprint density at radius 2 is 2.05 bits per heavy atom. The van der Waals surface area contributed by atoms with E-state index in [9.17, 15) is 9.59 Å². The number of ether oxygens (including phenoxy) is 3. The fraction of sp³-hybridized carbons (Fsp3) is 0.286. The van der Waals surface area contributed by atoms with Crippen LogP contribution in [-0.4, -0.2) is 33.1 Å². The van der Waals surface area contributed by atoms with Crippen LogP contribution in [0.1, 0.15) is 12.5 Å². The Kier molecular flexibility index (Phi) is 6.09. The van der Waals surface area contributed by atoms with Crippen LogP contribution in [0.3, 0.4) is 0 Å². The average Bonchev–Trinajstić information content (AvgIpc) is 2.47. The molecule has 0 heterocycles. The molecule has 1 aromatic rings. The van der Waals surface area contributed by atoms with Gasteiger partial charge in [-0.2, -0.15) is 0 Å². The Balaban J connectivity index is 3.00. The molecule has 0 aliphatic heterocycles. The molecule has 0 atom stereocenters. The third-order valence-corrected chi connectivity index (χ3v) is 2.39. The van der Waals surface area contributed by atoms with E-state index in [1.165, 1.54) is 13.2 Å². The quantitative estimate of drug-likeness (QED) is 0.489. The first-order valence-corrected chi connectivity index (χ1v) is 5.99. The number of nitrogens with one attached hydrogen (secondary N) is 1. The van der Waals surface area contributed by atoms with Gasteiger partial charge < -0.3 is 19.5 Å². The molecule has 1 rings (SSSR count). The summed E-state index contributed by atoms with van der Waals surface area (Å²) in [6, 6.07) is 5.07. The number of alkyl carbamates (subject to hydrolysis) is 1. The first kappa shape index (κ1) is 15.6. The highest BCUT2D eigenvalue weighted by molar-refractivity contribution is 5.84. The van der Waals surface area contributed by atoms with Crippen molar-refractivity contribution in [2.75, 3.05) is 20.8 Å². The molecule has 0 saturated heterocycles. The molecule has 1 aromatic carbocycles. The summed E-state index contributed by atoms with van der Waals surface area (Å²) in [5, 5.41) is 2.43. The maximum atomic E-state index is 11.3. The zero-order valence-corrected chi connectivity index (χ0v) is 11.6. The molecule has 0 spiro atoms. The van der Waals surface area contributed by atoms with Gasteiger partial charge in [-0.1, -0.05) is 0 Å². The molecule has 0 aliphatic carbocycles. The third kappa shape index (κ3) is 4.31. The summed E-state index contributed by atoms with van der Waals surface area (Å²) >= 11 is 0. The minimum atomic E-state index is -0.682. The number of amides is 1. The molecule has 0 aliphatic rings. The molecule has 0 radical (unpaired) electrons. The monoisotopic (exact) mass is 279 g/mol. The number of methoxy groups -OCH3 is 2. The van der Waals surface area contributed by atoms with Crippen LogP contribution in [-0.2, 0) is 9.53 Å². The Hall–Kier alpha value is -2.50. The fourth-order valence-corrected chi connectivity index (χ4v) is 1.47. The molecule has 20 heavy (non-hydrogen) atoms. The summed E-state index contributed by atoms with van der Waals surface area (Å²) in [6.07, 6.45) is 1.19. The number of benzene rings is 1. The van der Waals surface area contributed by atoms with E-state index in [2.05, 4.69) is 5.32 Å². The molecule has 6 nitrogen and oxygen atoms in total. The first-order valence-electron chi connectivity index (χ1n) is 5.99. The van der Waals surface area contributed by atoms with Gasteiger partial charge in [0.15, 0.2) is 12.0 Å². The normalized spacial score (nSPS) is 10.7. The van der Waals surface area contributed by atoms with Crippen LogP contribution in [0.25, 0.3) is 6.08 Å². The Morgan fingerprint density at radius 3 is 2.60 bits per heavy atom. The maximum absolute atomic E-state index is 11.3. The van der Waals surface area contributed by atoms with Gasteiger partial charge >= 0.3 is 6.09 Å². The number of allylic oxidation sites excluding steroid dienone is 1. The minimum absolute atomic E-state index is 0.112. The van der Waals surface area contributed by atoms with E-state index >= 15 is 0 Å². The summed E-state index contributed by atoms with van der Waals surface area (Å²) in [5.41, 5.74) is 0.597. The van der Waals surface area contributed by atoms with Crippen LogP contribution in [0, 0.1) is 0 Å². The van der Waals surface area contributed by atoms with Gasteiger partial charge in [-0.3, -0.25) is 4.79 Å². The molecule has 6 heteroatoms. The second-order valence-electron chi connectivity index (χ2n) is 3.69. The van der Waals surface area contributed by atoms with Crippen LogP contribution in [0.4, 0.5) is 4.79 Å². The third-order valence-electron chi connectivity index (χ3n) is 2.39. The average molecular weight is 279 g/mol. The summed E-state index contributed by atoms with van der Waals surface area (Å²) in [6.45, 7) is 2.16. The lowest BCUT2D eigenvalue weighted by Gasteiger charge is -2.08. The minimum Gasteiger partial charge on any atom is -0.497 e. The number of hydrogen-bond donors (Lipinski definition) is 1. The Labute approximate surface area is 117 Å². The van der Waals surface area contributed by atoms with Crippen molar-refractivity contribution in [2.45, 2.75) is 6.92 Å². The van der Waals surface area contributed by atoms with Gasteiger partial charge in [0.1, 0.15) is 11.5 Å². The van der Waals surface area contributed by atoms with Gasteiger partial charge in [-0.15, -0.1) is 0 Å². The second-order valence-corrected chi connectivity index (χ2v) is 3.69. The standard InChI is InChI=1S/C14H17NO5/c1-4-15-14(17)20-12(9-16)7-10-5-6-11(18-2)8-13(10)19-3/h5-9H,4H2,1-3H3,(H,15,17)/b12-7+. The first-order chi connectivity index (χ1) is 9.64. The van der Waals surface area contributed by atoms with Crippen LogP contribution in [0.5, 0.6) is 11.5 Å². The highest BCUT2D eigenvalue weighted by Gasteiger charge is 2.08. The molecule has 0 fully saturated rings. The summed E-state index contributed by atoms with van der Waals surface area (Å²) in [7, 11) is 3.04. The number of carbonyl (C=O) groups excluding carboxylic acids is 2. The van der Waals surface area contributed by atoms with Gasteiger partial charge in [-0.05, 0) is 25.1 Å². The molecule has 0 aromatic heterocycles. The van der Waals surface area contributed by atoms with Crippen LogP contribution >= 0.6 is 0 Å². The fourth-order valence-electron chi connectivity index (χ4n) is 1.47. The number of rotatable bonds is 6. The topological polar surface area (TPSA) is 73.9 Å². The van der Waals surface area contributed by atoms with Gasteiger partial charge in [0, 0.05) is 18.2 Å². The van der Waals surface area contributed by atoms with Crippen LogP contribution in [0.2, 0.25) is 0 Å². The number of carbonyl (C=O) groups is 2. The predicted octanol–water partition coefficient (Wildman–Crippen LogP) is 1.99. The lowest BCUT2D eigenvalue weighted by Crippen LogP contribution is -2.23. The summed E-state index contributed by atoms with van der Waals surface area (Å²) < 4.78 is 15.1. The molecule has 0 bridgehead atoms. The van der Waals surface area contributed by atoms with Crippen molar-refractivity contribution < 1.29 is 23.8 Å². The Bertz CT molecular complexity index is 510. The molecular formula is C14H17NO5. The van der Waals surface area contributed by atoms with E-state index < -0.39 is 6.09 Å². The molecular weight excluding hydrogens is 262 g/mol. The van der Waals surface area contributed by atoms with Crippen molar-refractivity contribution in [3.8, 4) is 11.5 Å². The molecule has 1 amide bonds. The SMILES string of the molecule is CCNC(=O)O/C(C=O)=C/c1ccc(OC)cc1OC. The van der Waals surface area contributed by atoms with Gasteiger partial charge in [0.2, 0.25) is 0 Å². The van der Waals surface area contributed by atoms with Crippen molar-refractivity contribution in [2.24, 2.45) is 0 Å². The van der Waals surface area contributed by atoms with Crippen molar-refractivity contribution >= 4 is 18.5 Å². The van der Waals surface area contributed by atoms with Crippen molar-refractivity contribution in [3.63, 3.8) is 0 Å². The van der Waals surface area contributed by atoms with Crippen molar-refractivity contribution in [1.29, 1.82) is 0 Å². The zero-order chi connectivity index (χ0) is 15.0. The summed E-state index contributed by atoms with van der Waals surface area (Å²) in [5.74, 6) is 1.01. The van der Waals surface area contributed by atoms with E-state index in [1.54, 1.807) is 32.2 Å². The van der Waals surface area contributed by atoms with Crippen molar-refractivity contribution in [1.82, 2.24) is 5.32 Å². The van der Waals surface area contributed by atoms with Gasteiger partial charge in [0.25, 0.3) is 0 Å². The van der Waals surface area contributed by atoms with E-state index in [0.717, 1.165) is 0 Å². The van der Waals surface area contributed by atoms with Gasteiger partial charge in [0.05, 0.1) is 14.2 Å².